The van der Waals surface area contributed by atoms with Gasteiger partial charge in [0.15, 0.2) is 0 Å². The number of aromatic nitrogens is 1. The fourth-order valence-electron chi connectivity index (χ4n) is 0.988. The molecule has 0 fully saturated rings. The second-order valence-corrected chi connectivity index (χ2v) is 2.94. The van der Waals surface area contributed by atoms with Gasteiger partial charge in [-0.3, -0.25) is 14.6 Å². The number of carbonyl (C=O) groups excluding carboxylic acids is 1. The van der Waals surface area contributed by atoms with Crippen LogP contribution in [-0.2, 0) is 21.1 Å². The Bertz CT molecular complexity index is 379. The van der Waals surface area contributed by atoms with E-state index in [2.05, 4.69) is 20.5 Å². The van der Waals surface area contributed by atoms with E-state index in [0.29, 0.717) is 0 Å². The first-order valence-electron chi connectivity index (χ1n) is 4.63. The van der Waals surface area contributed by atoms with E-state index in [1.807, 2.05) is 25.1 Å². The second-order valence-electron chi connectivity index (χ2n) is 2.94. The maximum atomic E-state index is 11.0. The molecule has 1 aromatic heterocycles. The lowest BCUT2D eigenvalue weighted by atomic mass is 10.3. The standard InChI is InChI=1S/C10H13N3O3/c1-8-4-3-5-9(12-8)7-16-13-10(14)6-11-15-2/h3-6H,7H2,1-2H3,(H,13,14). The third-order valence-electron chi connectivity index (χ3n) is 1.61. The van der Waals surface area contributed by atoms with E-state index in [1.54, 1.807) is 0 Å². The number of rotatable bonds is 5. The van der Waals surface area contributed by atoms with Crippen molar-refractivity contribution >= 4 is 12.1 Å². The molecule has 1 amide bonds. The van der Waals surface area contributed by atoms with Gasteiger partial charge in [0.1, 0.15) is 19.9 Å². The first kappa shape index (κ1) is 12.1. The molecule has 86 valence electrons. The lowest BCUT2D eigenvalue weighted by Crippen LogP contribution is -2.24. The summed E-state index contributed by atoms with van der Waals surface area (Å²) in [7, 11) is 1.35. The Balaban J connectivity index is 2.30. The summed E-state index contributed by atoms with van der Waals surface area (Å²) in [5.41, 5.74) is 3.81. The van der Waals surface area contributed by atoms with Crippen molar-refractivity contribution in [2.45, 2.75) is 13.5 Å². The van der Waals surface area contributed by atoms with Gasteiger partial charge in [0, 0.05) is 5.69 Å². The van der Waals surface area contributed by atoms with Crippen LogP contribution in [0.4, 0.5) is 0 Å². The number of amides is 1. The lowest BCUT2D eigenvalue weighted by molar-refractivity contribution is -0.127. The summed E-state index contributed by atoms with van der Waals surface area (Å²) >= 11 is 0. The van der Waals surface area contributed by atoms with E-state index in [4.69, 9.17) is 4.84 Å². The van der Waals surface area contributed by atoms with Crippen LogP contribution >= 0.6 is 0 Å². The van der Waals surface area contributed by atoms with E-state index in [1.165, 1.54) is 7.11 Å². The molecule has 0 aliphatic carbocycles. The third-order valence-corrected chi connectivity index (χ3v) is 1.61. The highest BCUT2D eigenvalue weighted by atomic mass is 16.7. The molecular formula is C10H13N3O3. The molecule has 1 rings (SSSR count). The largest absolute Gasteiger partial charge is 0.399 e. The van der Waals surface area contributed by atoms with Gasteiger partial charge < -0.3 is 4.84 Å². The third kappa shape index (κ3) is 4.52. The number of aryl methyl sites for hydroxylation is 1. The van der Waals surface area contributed by atoms with Crippen molar-refractivity contribution in [3.8, 4) is 0 Å². The van der Waals surface area contributed by atoms with Gasteiger partial charge in [-0.2, -0.15) is 0 Å². The summed E-state index contributed by atoms with van der Waals surface area (Å²) in [6, 6.07) is 5.56. The van der Waals surface area contributed by atoms with Crippen LogP contribution in [0, 0.1) is 6.92 Å². The zero-order valence-electron chi connectivity index (χ0n) is 9.14. The first-order chi connectivity index (χ1) is 7.72. The van der Waals surface area contributed by atoms with E-state index >= 15 is 0 Å². The smallest absolute Gasteiger partial charge is 0.289 e. The number of hydrogen-bond donors (Lipinski definition) is 1. The Morgan fingerprint density at radius 1 is 1.62 bits per heavy atom. The quantitative estimate of drug-likeness (QED) is 0.585. The molecule has 0 unspecified atom stereocenters. The van der Waals surface area contributed by atoms with Crippen molar-refractivity contribution in [1.82, 2.24) is 10.5 Å². The van der Waals surface area contributed by atoms with Crippen LogP contribution in [-0.4, -0.2) is 24.2 Å². The molecule has 0 bridgehead atoms. The minimum atomic E-state index is -0.491. The monoisotopic (exact) mass is 223 g/mol. The van der Waals surface area contributed by atoms with Gasteiger partial charge in [-0.15, -0.1) is 0 Å². The minimum Gasteiger partial charge on any atom is -0.399 e. The van der Waals surface area contributed by atoms with Gasteiger partial charge in [0.2, 0.25) is 0 Å². The van der Waals surface area contributed by atoms with Crippen LogP contribution in [0.5, 0.6) is 0 Å². The average molecular weight is 223 g/mol. The predicted molar refractivity (Wildman–Crippen MR) is 57.4 cm³/mol. The van der Waals surface area contributed by atoms with E-state index in [0.717, 1.165) is 17.6 Å². The molecule has 1 N–H and O–H groups in total. The molecule has 1 heterocycles. The van der Waals surface area contributed by atoms with Crippen molar-refractivity contribution in [3.63, 3.8) is 0 Å². The highest BCUT2D eigenvalue weighted by Gasteiger charge is 1.98. The summed E-state index contributed by atoms with van der Waals surface area (Å²) in [5, 5.41) is 3.28. The Morgan fingerprint density at radius 3 is 3.12 bits per heavy atom. The van der Waals surface area contributed by atoms with Crippen LogP contribution in [0.2, 0.25) is 0 Å². The maximum Gasteiger partial charge on any atom is 0.289 e. The fraction of sp³-hybridized carbons (Fsp3) is 0.300. The number of oxime groups is 1. The van der Waals surface area contributed by atoms with Crippen molar-refractivity contribution < 1.29 is 14.5 Å². The predicted octanol–water partition coefficient (Wildman–Crippen LogP) is 0.570. The van der Waals surface area contributed by atoms with Gasteiger partial charge >= 0.3 is 0 Å². The van der Waals surface area contributed by atoms with Crippen molar-refractivity contribution in [2.24, 2.45) is 5.16 Å². The topological polar surface area (TPSA) is 72.8 Å². The molecule has 6 heteroatoms. The van der Waals surface area contributed by atoms with Crippen LogP contribution in [0.1, 0.15) is 11.4 Å². The summed E-state index contributed by atoms with van der Waals surface area (Å²) in [6.07, 6.45) is 0.976. The summed E-state index contributed by atoms with van der Waals surface area (Å²) in [6.45, 7) is 2.08. The number of hydroxylamine groups is 1. The van der Waals surface area contributed by atoms with Gasteiger partial charge in [0.25, 0.3) is 5.91 Å². The molecule has 16 heavy (non-hydrogen) atoms. The number of nitrogens with one attached hydrogen (secondary N) is 1. The maximum absolute atomic E-state index is 11.0. The minimum absolute atomic E-state index is 0.203. The molecule has 0 radical (unpaired) electrons. The molecular weight excluding hydrogens is 210 g/mol. The van der Waals surface area contributed by atoms with Gasteiger partial charge in [-0.05, 0) is 19.1 Å². The molecule has 0 spiro atoms. The molecule has 1 aromatic rings. The van der Waals surface area contributed by atoms with Crippen molar-refractivity contribution in [1.29, 1.82) is 0 Å². The molecule has 0 saturated carbocycles. The van der Waals surface area contributed by atoms with Crippen LogP contribution in [0.15, 0.2) is 23.4 Å². The molecule has 0 saturated heterocycles. The normalized spacial score (nSPS) is 10.4. The summed E-state index contributed by atoms with van der Waals surface area (Å²) < 4.78 is 0. The SMILES string of the molecule is CON=CC(=O)NOCc1cccc(C)n1. The zero-order valence-corrected chi connectivity index (χ0v) is 9.14. The van der Waals surface area contributed by atoms with Gasteiger partial charge in [-0.1, -0.05) is 11.2 Å². The highest BCUT2D eigenvalue weighted by molar-refractivity contribution is 6.25. The average Bonchev–Trinajstić information content (AvgIpc) is 2.26. The Hall–Kier alpha value is -1.95. The second kappa shape index (κ2) is 6.52. The molecule has 0 atom stereocenters. The number of carbonyl (C=O) groups is 1. The first-order valence-corrected chi connectivity index (χ1v) is 4.63. The molecule has 6 nitrogen and oxygen atoms in total. The zero-order chi connectivity index (χ0) is 11.8. The number of hydrogen-bond acceptors (Lipinski definition) is 5. The van der Waals surface area contributed by atoms with Gasteiger partial charge in [0.05, 0.1) is 5.69 Å². The molecule has 0 aromatic carbocycles. The lowest BCUT2D eigenvalue weighted by Gasteiger charge is -2.03. The fourth-order valence-corrected chi connectivity index (χ4v) is 0.988. The Labute approximate surface area is 93.2 Å². The van der Waals surface area contributed by atoms with Crippen molar-refractivity contribution in [3.05, 3.63) is 29.6 Å². The summed E-state index contributed by atoms with van der Waals surface area (Å²) in [4.78, 5) is 24.4. The van der Waals surface area contributed by atoms with Crippen LogP contribution < -0.4 is 5.48 Å². The van der Waals surface area contributed by atoms with Gasteiger partial charge in [-0.25, -0.2) is 5.48 Å². The highest BCUT2D eigenvalue weighted by Crippen LogP contribution is 1.98. The van der Waals surface area contributed by atoms with Crippen molar-refractivity contribution in [2.75, 3.05) is 7.11 Å². The van der Waals surface area contributed by atoms with E-state index in [9.17, 15) is 4.79 Å². The summed E-state index contributed by atoms with van der Waals surface area (Å²) in [5.74, 6) is -0.491. The molecule has 0 aliphatic heterocycles. The molecule has 0 aliphatic rings. The van der Waals surface area contributed by atoms with Crippen LogP contribution in [0.25, 0.3) is 0 Å². The van der Waals surface area contributed by atoms with E-state index < -0.39 is 5.91 Å². The number of nitrogens with zero attached hydrogens (tertiary/aromatic N) is 2. The Morgan fingerprint density at radius 2 is 2.44 bits per heavy atom. The van der Waals surface area contributed by atoms with Crippen LogP contribution in [0.3, 0.4) is 0 Å². The number of pyridine rings is 1. The Kier molecular flexibility index (Phi) is 4.94. The van der Waals surface area contributed by atoms with E-state index in [-0.39, 0.29) is 6.61 Å².